The lowest BCUT2D eigenvalue weighted by molar-refractivity contribution is 0.955. The van der Waals surface area contributed by atoms with Gasteiger partial charge in [0.25, 0.3) is 0 Å². The fraction of sp³-hybridized carbons (Fsp3) is 0. The highest BCUT2D eigenvalue weighted by Gasteiger charge is 2.24. The van der Waals surface area contributed by atoms with Crippen LogP contribution in [-0.2, 0) is 0 Å². The molecule has 0 aliphatic rings. The number of pyridine rings is 1. The van der Waals surface area contributed by atoms with Crippen molar-refractivity contribution in [3.63, 3.8) is 0 Å². The minimum atomic E-state index is 0.560. The maximum Gasteiger partial charge on any atom is 0.238 e. The van der Waals surface area contributed by atoms with Gasteiger partial charge in [-0.15, -0.1) is 0 Å². The van der Waals surface area contributed by atoms with Crippen molar-refractivity contribution in [1.82, 2.24) is 29.1 Å². The van der Waals surface area contributed by atoms with Crippen molar-refractivity contribution >= 4 is 54.4 Å². The van der Waals surface area contributed by atoms with Crippen LogP contribution in [0.15, 0.2) is 158 Å². The van der Waals surface area contributed by atoms with Crippen molar-refractivity contribution in [3.8, 4) is 34.4 Å². The maximum atomic E-state index is 5.26. The molecule has 10 aromatic rings. The molecule has 0 N–H and O–H groups in total. The predicted molar refractivity (Wildman–Crippen MR) is 195 cm³/mol. The summed E-state index contributed by atoms with van der Waals surface area (Å²) in [4.78, 5) is 20.0. The molecule has 6 nitrogen and oxygen atoms in total. The summed E-state index contributed by atoms with van der Waals surface area (Å²) >= 11 is 0. The number of benzene rings is 6. The largest absolute Gasteiger partial charge is 0.307 e. The number of hydrogen-bond donors (Lipinski definition) is 0. The van der Waals surface area contributed by atoms with Crippen LogP contribution in [0.3, 0.4) is 0 Å². The molecule has 0 saturated heterocycles. The zero-order chi connectivity index (χ0) is 31.6. The summed E-state index contributed by atoms with van der Waals surface area (Å²) in [5, 5.41) is 6.73. The Morgan fingerprint density at radius 2 is 0.958 bits per heavy atom. The van der Waals surface area contributed by atoms with E-state index in [1.165, 1.54) is 5.39 Å². The summed E-state index contributed by atoms with van der Waals surface area (Å²) in [5.74, 6) is 1.80. The summed E-state index contributed by atoms with van der Waals surface area (Å²) < 4.78 is 4.64. The van der Waals surface area contributed by atoms with Gasteiger partial charge in [-0.1, -0.05) is 121 Å². The Kier molecular flexibility index (Phi) is 5.77. The Balaban J connectivity index is 1.45. The molecule has 48 heavy (non-hydrogen) atoms. The first-order valence-electron chi connectivity index (χ1n) is 16.0. The van der Waals surface area contributed by atoms with Crippen LogP contribution in [0.25, 0.3) is 88.8 Å². The number of hydrogen-bond acceptors (Lipinski definition) is 4. The van der Waals surface area contributed by atoms with Crippen LogP contribution in [0.1, 0.15) is 0 Å². The van der Waals surface area contributed by atoms with Crippen LogP contribution < -0.4 is 0 Å². The molecule has 4 aromatic heterocycles. The Bertz CT molecular complexity index is 2760. The van der Waals surface area contributed by atoms with E-state index < -0.39 is 0 Å². The van der Waals surface area contributed by atoms with Gasteiger partial charge >= 0.3 is 0 Å². The number of aromatic nitrogens is 6. The van der Waals surface area contributed by atoms with Crippen LogP contribution in [0.4, 0.5) is 0 Å². The van der Waals surface area contributed by atoms with E-state index in [-0.39, 0.29) is 0 Å². The standard InChI is InChI=1S/C42H26N6/c1-4-12-27(13-5-1)40-44-41(28-14-6-2-7-15-28)46-42(45-40)48-37-31-24-25-43-26-29(31)20-21-34(37)35-23-22-33-32-18-10-11-19-36(32)47(38(33)39(35)48)30-16-8-3-9-17-30/h1-26H. The smallest absolute Gasteiger partial charge is 0.238 e. The maximum absolute atomic E-state index is 5.26. The molecule has 0 aliphatic heterocycles. The van der Waals surface area contributed by atoms with E-state index >= 15 is 0 Å². The molecule has 0 bridgehead atoms. The highest BCUT2D eigenvalue weighted by atomic mass is 15.2. The Labute approximate surface area is 275 Å². The summed E-state index contributed by atoms with van der Waals surface area (Å²) in [6, 6.07) is 50.5. The Hall–Kier alpha value is -6.66. The lowest BCUT2D eigenvalue weighted by atomic mass is 10.1. The minimum absolute atomic E-state index is 0.560. The van der Waals surface area contributed by atoms with Crippen molar-refractivity contribution in [3.05, 3.63) is 158 Å². The van der Waals surface area contributed by atoms with E-state index in [0.29, 0.717) is 17.6 Å². The van der Waals surface area contributed by atoms with E-state index in [4.69, 9.17) is 15.0 Å². The first-order valence-corrected chi connectivity index (χ1v) is 16.0. The second kappa shape index (κ2) is 10.4. The monoisotopic (exact) mass is 614 g/mol. The topological polar surface area (TPSA) is 61.4 Å². The van der Waals surface area contributed by atoms with Crippen LogP contribution in [0, 0.1) is 0 Å². The van der Waals surface area contributed by atoms with E-state index in [1.807, 2.05) is 73.1 Å². The highest BCUT2D eigenvalue weighted by molar-refractivity contribution is 6.26. The number of para-hydroxylation sites is 2. The molecule has 0 aliphatic carbocycles. The van der Waals surface area contributed by atoms with Gasteiger partial charge < -0.3 is 4.57 Å². The van der Waals surface area contributed by atoms with E-state index in [1.54, 1.807) is 0 Å². The van der Waals surface area contributed by atoms with Crippen molar-refractivity contribution < 1.29 is 0 Å². The molecule has 0 fully saturated rings. The molecular weight excluding hydrogens is 589 g/mol. The third-order valence-corrected chi connectivity index (χ3v) is 9.24. The highest BCUT2D eigenvalue weighted by Crippen LogP contribution is 2.43. The number of rotatable bonds is 4. The van der Waals surface area contributed by atoms with Crippen LogP contribution >= 0.6 is 0 Å². The number of fused-ring (bicyclic) bond motifs is 9. The lowest BCUT2D eigenvalue weighted by Gasteiger charge is -2.14. The van der Waals surface area contributed by atoms with Gasteiger partial charge in [0.15, 0.2) is 11.6 Å². The molecular formula is C42H26N6. The molecule has 0 radical (unpaired) electrons. The predicted octanol–water partition coefficient (Wildman–Crippen LogP) is 9.95. The summed E-state index contributed by atoms with van der Waals surface area (Å²) in [6.45, 7) is 0. The summed E-state index contributed by atoms with van der Waals surface area (Å²) in [6.07, 6.45) is 3.78. The van der Waals surface area contributed by atoms with Gasteiger partial charge in [0.1, 0.15) is 0 Å². The molecule has 10 rings (SSSR count). The quantitative estimate of drug-likeness (QED) is 0.198. The van der Waals surface area contributed by atoms with Crippen molar-refractivity contribution in [2.45, 2.75) is 0 Å². The Morgan fingerprint density at radius 1 is 0.396 bits per heavy atom. The molecule has 0 spiro atoms. The van der Waals surface area contributed by atoms with E-state index in [9.17, 15) is 0 Å². The van der Waals surface area contributed by atoms with Crippen molar-refractivity contribution in [2.75, 3.05) is 0 Å². The zero-order valence-electron chi connectivity index (χ0n) is 25.7. The van der Waals surface area contributed by atoms with Gasteiger partial charge in [-0.2, -0.15) is 9.97 Å². The van der Waals surface area contributed by atoms with Gasteiger partial charge in [-0.05, 0) is 24.3 Å². The molecule has 0 amide bonds. The second-order valence-electron chi connectivity index (χ2n) is 12.0. The van der Waals surface area contributed by atoms with Crippen LogP contribution in [0.2, 0.25) is 0 Å². The lowest BCUT2D eigenvalue weighted by Crippen LogP contribution is -2.07. The fourth-order valence-corrected chi connectivity index (χ4v) is 7.15. The van der Waals surface area contributed by atoms with Crippen molar-refractivity contribution in [1.29, 1.82) is 0 Å². The first-order chi connectivity index (χ1) is 23.8. The van der Waals surface area contributed by atoms with Gasteiger partial charge in [0, 0.05) is 61.5 Å². The summed E-state index contributed by atoms with van der Waals surface area (Å²) in [7, 11) is 0. The molecule has 224 valence electrons. The van der Waals surface area contributed by atoms with Gasteiger partial charge in [-0.3, -0.25) is 9.55 Å². The molecule has 6 heteroatoms. The first kappa shape index (κ1) is 26.5. The fourth-order valence-electron chi connectivity index (χ4n) is 7.15. The second-order valence-corrected chi connectivity index (χ2v) is 12.0. The third kappa shape index (κ3) is 3.93. The van der Waals surface area contributed by atoms with E-state index in [0.717, 1.165) is 65.8 Å². The van der Waals surface area contributed by atoms with Gasteiger partial charge in [-0.25, -0.2) is 4.98 Å². The molecule has 4 heterocycles. The Morgan fingerprint density at radius 3 is 1.67 bits per heavy atom. The SMILES string of the molecule is c1ccc(-c2nc(-c3ccccc3)nc(-n3c4c5ccncc5ccc4c4ccc5c6ccccc6n(-c6ccccc6)c5c43)n2)cc1. The third-order valence-electron chi connectivity index (χ3n) is 9.24. The molecule has 6 aromatic carbocycles. The molecule has 0 saturated carbocycles. The number of nitrogens with zero attached hydrogens (tertiary/aromatic N) is 6. The minimum Gasteiger partial charge on any atom is -0.307 e. The van der Waals surface area contributed by atoms with Crippen molar-refractivity contribution in [2.24, 2.45) is 0 Å². The summed E-state index contributed by atoms with van der Waals surface area (Å²) in [5.41, 5.74) is 7.26. The van der Waals surface area contributed by atoms with E-state index in [2.05, 4.69) is 99.0 Å². The van der Waals surface area contributed by atoms with Gasteiger partial charge in [0.2, 0.25) is 5.95 Å². The molecule has 0 atom stereocenters. The van der Waals surface area contributed by atoms with Gasteiger partial charge in [0.05, 0.1) is 22.1 Å². The average Bonchev–Trinajstić information content (AvgIpc) is 3.69. The van der Waals surface area contributed by atoms with Crippen LogP contribution in [-0.4, -0.2) is 29.1 Å². The average molecular weight is 615 g/mol. The molecule has 0 unspecified atom stereocenters. The zero-order valence-corrected chi connectivity index (χ0v) is 25.7. The van der Waals surface area contributed by atoms with Crippen LogP contribution in [0.5, 0.6) is 0 Å². The normalized spacial score (nSPS) is 11.8.